The van der Waals surface area contributed by atoms with Crippen molar-refractivity contribution in [2.75, 3.05) is 17.7 Å². The van der Waals surface area contributed by atoms with Gasteiger partial charge in [0.15, 0.2) is 12.4 Å². The fourth-order valence-corrected chi connectivity index (χ4v) is 2.94. The summed E-state index contributed by atoms with van der Waals surface area (Å²) in [4.78, 5) is 35.3. The predicted octanol–water partition coefficient (Wildman–Crippen LogP) is 4.22. The van der Waals surface area contributed by atoms with Crippen LogP contribution in [0.4, 0.5) is 14.5 Å². The second-order valence-corrected chi connectivity index (χ2v) is 6.84. The van der Waals surface area contributed by atoms with Gasteiger partial charge in [-0.3, -0.25) is 14.4 Å². The van der Waals surface area contributed by atoms with Crippen molar-refractivity contribution >= 4 is 35.1 Å². The molecule has 148 valence electrons. The zero-order valence-corrected chi connectivity index (χ0v) is 16.0. The maximum absolute atomic E-state index is 13.5. The molecule has 1 amide bonds. The van der Waals surface area contributed by atoms with E-state index in [4.69, 9.17) is 4.74 Å². The number of hydrogen-bond donors (Lipinski definition) is 1. The fraction of sp³-hybridized carbons (Fsp3) is 0.250. The van der Waals surface area contributed by atoms with Gasteiger partial charge in [0.25, 0.3) is 0 Å². The normalized spacial score (nSPS) is 10.4. The largest absolute Gasteiger partial charge is 0.457 e. The van der Waals surface area contributed by atoms with Gasteiger partial charge in [-0.05, 0) is 48.9 Å². The first kappa shape index (κ1) is 21.6. The van der Waals surface area contributed by atoms with Gasteiger partial charge >= 0.3 is 5.97 Å². The first-order valence-electron chi connectivity index (χ1n) is 8.55. The molecule has 0 aliphatic heterocycles. The Morgan fingerprint density at radius 2 is 1.79 bits per heavy atom. The first-order chi connectivity index (χ1) is 13.4. The second kappa shape index (κ2) is 10.6. The Kier molecular flexibility index (Phi) is 8.13. The Balaban J connectivity index is 1.80. The SMILES string of the molecule is CCCC(=O)Nc1ccc(C(=O)COC(=O)CSc2cc(F)ccc2F)cc1. The van der Waals surface area contributed by atoms with Crippen LogP contribution in [0.3, 0.4) is 0 Å². The zero-order valence-electron chi connectivity index (χ0n) is 15.2. The van der Waals surface area contributed by atoms with E-state index in [9.17, 15) is 23.2 Å². The standard InChI is InChI=1S/C20H19F2NO4S/c1-2-3-19(25)23-15-7-4-13(5-8-15)17(24)11-27-20(26)12-28-18-10-14(21)6-9-16(18)22/h4-10H,2-3,11-12H2,1H3,(H,23,25). The van der Waals surface area contributed by atoms with E-state index in [2.05, 4.69) is 5.32 Å². The van der Waals surface area contributed by atoms with E-state index in [1.54, 1.807) is 12.1 Å². The summed E-state index contributed by atoms with van der Waals surface area (Å²) in [6.45, 7) is 1.43. The number of thioether (sulfide) groups is 1. The lowest BCUT2D eigenvalue weighted by Crippen LogP contribution is -2.16. The molecule has 28 heavy (non-hydrogen) atoms. The highest BCUT2D eigenvalue weighted by molar-refractivity contribution is 8.00. The molecule has 0 saturated heterocycles. The molecule has 0 saturated carbocycles. The van der Waals surface area contributed by atoms with Gasteiger partial charge in [0.2, 0.25) is 5.91 Å². The van der Waals surface area contributed by atoms with Crippen molar-refractivity contribution in [2.24, 2.45) is 0 Å². The van der Waals surface area contributed by atoms with E-state index < -0.39 is 30.0 Å². The van der Waals surface area contributed by atoms with Crippen LogP contribution < -0.4 is 5.32 Å². The van der Waals surface area contributed by atoms with Gasteiger partial charge in [-0.2, -0.15) is 0 Å². The van der Waals surface area contributed by atoms with Crippen molar-refractivity contribution in [1.82, 2.24) is 0 Å². The third kappa shape index (κ3) is 6.77. The minimum absolute atomic E-state index is 0.0102. The van der Waals surface area contributed by atoms with Crippen LogP contribution in [0.2, 0.25) is 0 Å². The number of rotatable bonds is 9. The number of esters is 1. The highest BCUT2D eigenvalue weighted by Crippen LogP contribution is 2.22. The van der Waals surface area contributed by atoms with Crippen LogP contribution in [-0.4, -0.2) is 30.0 Å². The van der Waals surface area contributed by atoms with Crippen LogP contribution in [-0.2, 0) is 14.3 Å². The summed E-state index contributed by atoms with van der Waals surface area (Å²) in [7, 11) is 0. The van der Waals surface area contributed by atoms with Crippen LogP contribution in [0, 0.1) is 11.6 Å². The van der Waals surface area contributed by atoms with E-state index in [1.165, 1.54) is 12.1 Å². The predicted molar refractivity (Wildman–Crippen MR) is 102 cm³/mol. The lowest BCUT2D eigenvalue weighted by molar-refractivity contribution is -0.139. The molecule has 8 heteroatoms. The summed E-state index contributed by atoms with van der Waals surface area (Å²) < 4.78 is 31.5. The molecule has 0 atom stereocenters. The number of amides is 1. The van der Waals surface area contributed by atoms with Gasteiger partial charge in [0, 0.05) is 22.6 Å². The molecule has 0 spiro atoms. The summed E-state index contributed by atoms with van der Waals surface area (Å²) in [5, 5.41) is 2.70. The van der Waals surface area contributed by atoms with Crippen molar-refractivity contribution in [3.8, 4) is 0 Å². The number of Topliss-reactive ketones (excluding diaryl/α,β-unsaturated/α-hetero) is 1. The van der Waals surface area contributed by atoms with Crippen LogP contribution in [0.5, 0.6) is 0 Å². The second-order valence-electron chi connectivity index (χ2n) is 5.82. The molecule has 0 heterocycles. The molecule has 5 nitrogen and oxygen atoms in total. The molecule has 0 aliphatic rings. The van der Waals surface area contributed by atoms with Gasteiger partial charge in [-0.25, -0.2) is 8.78 Å². The van der Waals surface area contributed by atoms with E-state index in [0.717, 1.165) is 36.4 Å². The number of carbonyl (C=O) groups is 3. The molecule has 0 unspecified atom stereocenters. The number of hydrogen-bond acceptors (Lipinski definition) is 5. The number of ether oxygens (including phenoxy) is 1. The fourth-order valence-electron chi connectivity index (χ4n) is 2.19. The molecular weight excluding hydrogens is 388 g/mol. The lowest BCUT2D eigenvalue weighted by atomic mass is 10.1. The summed E-state index contributed by atoms with van der Waals surface area (Å²) in [5.74, 6) is -2.74. The summed E-state index contributed by atoms with van der Waals surface area (Å²) in [6.07, 6.45) is 1.14. The number of anilines is 1. The molecule has 0 fully saturated rings. The average molecular weight is 407 g/mol. The zero-order chi connectivity index (χ0) is 20.5. The van der Waals surface area contributed by atoms with Crippen molar-refractivity contribution in [2.45, 2.75) is 24.7 Å². The molecule has 0 aliphatic carbocycles. The minimum atomic E-state index is -0.717. The minimum Gasteiger partial charge on any atom is -0.457 e. The number of halogens is 2. The molecule has 2 aromatic rings. The maximum atomic E-state index is 13.5. The van der Waals surface area contributed by atoms with Crippen LogP contribution in [0.25, 0.3) is 0 Å². The Hall–Kier alpha value is -2.74. The highest BCUT2D eigenvalue weighted by atomic mass is 32.2. The molecule has 0 bridgehead atoms. The van der Waals surface area contributed by atoms with Crippen molar-refractivity contribution < 1.29 is 27.9 Å². The van der Waals surface area contributed by atoms with Crippen LogP contribution in [0.15, 0.2) is 47.4 Å². The maximum Gasteiger partial charge on any atom is 0.316 e. The van der Waals surface area contributed by atoms with Gasteiger partial charge in [0.1, 0.15) is 11.6 Å². The molecule has 0 aromatic heterocycles. The quantitative estimate of drug-likeness (QED) is 0.383. The lowest BCUT2D eigenvalue weighted by Gasteiger charge is -2.07. The smallest absolute Gasteiger partial charge is 0.316 e. The van der Waals surface area contributed by atoms with E-state index in [0.29, 0.717) is 17.7 Å². The summed E-state index contributed by atoms with van der Waals surface area (Å²) in [6, 6.07) is 9.16. The Labute approximate surface area is 165 Å². The Morgan fingerprint density at radius 1 is 1.07 bits per heavy atom. The van der Waals surface area contributed by atoms with E-state index in [-0.39, 0.29) is 16.6 Å². The third-order valence-electron chi connectivity index (χ3n) is 3.57. The highest BCUT2D eigenvalue weighted by Gasteiger charge is 2.12. The van der Waals surface area contributed by atoms with Crippen molar-refractivity contribution in [1.29, 1.82) is 0 Å². The van der Waals surface area contributed by atoms with Crippen molar-refractivity contribution in [3.05, 3.63) is 59.7 Å². The van der Waals surface area contributed by atoms with E-state index in [1.807, 2.05) is 6.92 Å². The number of benzene rings is 2. The third-order valence-corrected chi connectivity index (χ3v) is 4.57. The first-order valence-corrected chi connectivity index (χ1v) is 9.54. The molecule has 2 aromatic carbocycles. The number of carbonyl (C=O) groups excluding carboxylic acids is 3. The molecule has 0 radical (unpaired) electrons. The topological polar surface area (TPSA) is 72.5 Å². The Bertz CT molecular complexity index is 856. The van der Waals surface area contributed by atoms with Gasteiger partial charge in [-0.1, -0.05) is 6.92 Å². The van der Waals surface area contributed by atoms with Crippen LogP contribution in [0.1, 0.15) is 30.1 Å². The van der Waals surface area contributed by atoms with Gasteiger partial charge < -0.3 is 10.1 Å². The summed E-state index contributed by atoms with van der Waals surface area (Å²) in [5.41, 5.74) is 0.894. The molecule has 2 rings (SSSR count). The molecule has 1 N–H and O–H groups in total. The number of nitrogens with one attached hydrogen (secondary N) is 1. The number of ketones is 1. The summed E-state index contributed by atoms with van der Waals surface area (Å²) >= 11 is 0.787. The van der Waals surface area contributed by atoms with Crippen molar-refractivity contribution in [3.63, 3.8) is 0 Å². The van der Waals surface area contributed by atoms with E-state index >= 15 is 0 Å². The van der Waals surface area contributed by atoms with Gasteiger partial charge in [-0.15, -0.1) is 11.8 Å². The monoisotopic (exact) mass is 407 g/mol. The van der Waals surface area contributed by atoms with Crippen LogP contribution >= 0.6 is 11.8 Å². The average Bonchev–Trinajstić information content (AvgIpc) is 2.67. The Morgan fingerprint density at radius 3 is 2.46 bits per heavy atom. The van der Waals surface area contributed by atoms with Gasteiger partial charge in [0.05, 0.1) is 5.75 Å². The molecular formula is C20H19F2NO4S.